The van der Waals surface area contributed by atoms with Crippen molar-refractivity contribution in [2.24, 2.45) is 17.3 Å². The van der Waals surface area contributed by atoms with Gasteiger partial charge in [0.15, 0.2) is 5.78 Å². The van der Waals surface area contributed by atoms with Crippen molar-refractivity contribution in [2.75, 3.05) is 39.8 Å². The molecule has 1 N–H and O–H groups in total. The van der Waals surface area contributed by atoms with Gasteiger partial charge in [0.25, 0.3) is 0 Å². The van der Waals surface area contributed by atoms with Crippen LogP contribution in [0.2, 0.25) is 0 Å². The molecule has 2 aromatic carbocycles. The molecule has 1 unspecified atom stereocenters. The standard InChI is InChI=1S/C31H41N3O3.ClH/c1-22(2)29(35)28(27-20-32-19-26(27)24-7-5-4-6-8-24)33-16-13-31(14-17-33)15-18-34(30(31)36)21-23-9-11-25(37-3)12-10-23;/h4-12,22,26-28,32H,13-21H2,1-3H3;1H/t26-,27-,28?;/m1./s1. The lowest BCUT2D eigenvalue weighted by Gasteiger charge is -2.44. The average molecular weight is 540 g/mol. The second-order valence-corrected chi connectivity index (χ2v) is 11.5. The van der Waals surface area contributed by atoms with E-state index in [4.69, 9.17) is 4.74 Å². The van der Waals surface area contributed by atoms with Crippen molar-refractivity contribution in [3.63, 3.8) is 0 Å². The molecule has 1 amide bonds. The molecule has 38 heavy (non-hydrogen) atoms. The fraction of sp³-hybridized carbons (Fsp3) is 0.548. The third kappa shape index (κ3) is 5.63. The largest absolute Gasteiger partial charge is 0.497 e. The summed E-state index contributed by atoms with van der Waals surface area (Å²) in [5, 5.41) is 3.58. The number of likely N-dealkylation sites (tertiary alicyclic amines) is 2. The van der Waals surface area contributed by atoms with Crippen molar-refractivity contribution >= 4 is 24.1 Å². The highest BCUT2D eigenvalue weighted by Crippen LogP contribution is 2.44. The Kier molecular flexibility index (Phi) is 9.17. The lowest BCUT2D eigenvalue weighted by Crippen LogP contribution is -2.55. The minimum Gasteiger partial charge on any atom is -0.497 e. The third-order valence-electron chi connectivity index (χ3n) is 9.04. The Morgan fingerprint density at radius 3 is 2.29 bits per heavy atom. The predicted molar refractivity (Wildman–Crippen MR) is 153 cm³/mol. The summed E-state index contributed by atoms with van der Waals surface area (Å²) in [7, 11) is 1.67. The molecular formula is C31H42ClN3O3. The van der Waals surface area contributed by atoms with E-state index in [1.165, 1.54) is 5.56 Å². The number of nitrogens with one attached hydrogen (secondary N) is 1. The van der Waals surface area contributed by atoms with Crippen LogP contribution in [0.5, 0.6) is 5.75 Å². The molecule has 3 heterocycles. The molecule has 6 nitrogen and oxygen atoms in total. The molecule has 3 fully saturated rings. The molecule has 0 aromatic heterocycles. The van der Waals surface area contributed by atoms with Crippen LogP contribution in [-0.2, 0) is 16.1 Å². The fourth-order valence-corrected chi connectivity index (χ4v) is 6.79. The Hall–Kier alpha value is -2.41. The Morgan fingerprint density at radius 1 is 1.00 bits per heavy atom. The van der Waals surface area contributed by atoms with Gasteiger partial charge in [-0.1, -0.05) is 56.3 Å². The number of Topliss-reactive ketones (excluding diaryl/α,β-unsaturated/α-hetero) is 1. The monoisotopic (exact) mass is 539 g/mol. The van der Waals surface area contributed by atoms with Crippen LogP contribution in [0.25, 0.3) is 0 Å². The van der Waals surface area contributed by atoms with E-state index in [-0.39, 0.29) is 35.7 Å². The molecule has 3 aliphatic rings. The quantitative estimate of drug-likeness (QED) is 0.534. The predicted octanol–water partition coefficient (Wildman–Crippen LogP) is 4.53. The van der Waals surface area contributed by atoms with Gasteiger partial charge in [-0.3, -0.25) is 14.5 Å². The number of ketones is 1. The van der Waals surface area contributed by atoms with E-state index < -0.39 is 0 Å². The van der Waals surface area contributed by atoms with Crippen molar-refractivity contribution in [1.82, 2.24) is 15.1 Å². The number of methoxy groups -OCH3 is 1. The van der Waals surface area contributed by atoms with Crippen molar-refractivity contribution in [3.8, 4) is 5.75 Å². The van der Waals surface area contributed by atoms with Gasteiger partial charge in [0, 0.05) is 43.9 Å². The zero-order valence-corrected chi connectivity index (χ0v) is 23.7. The van der Waals surface area contributed by atoms with Gasteiger partial charge in [-0.15, -0.1) is 12.4 Å². The summed E-state index contributed by atoms with van der Waals surface area (Å²) in [5.41, 5.74) is 2.17. The minimum atomic E-state index is -0.277. The topological polar surface area (TPSA) is 61.9 Å². The van der Waals surface area contributed by atoms with Gasteiger partial charge in [-0.25, -0.2) is 0 Å². The van der Waals surface area contributed by atoms with Gasteiger partial charge < -0.3 is 15.0 Å². The SMILES string of the molecule is COc1ccc(CN2CCC3(CCN(C(C(=O)C(C)C)[C@@H]4CNC[C@@H]4c4ccccc4)CC3)C2=O)cc1.Cl. The number of halogens is 1. The lowest BCUT2D eigenvalue weighted by molar-refractivity contribution is -0.140. The molecule has 3 aliphatic heterocycles. The molecule has 1 spiro atoms. The van der Waals surface area contributed by atoms with E-state index in [1.54, 1.807) is 7.11 Å². The number of nitrogens with zero attached hydrogens (tertiary/aromatic N) is 2. The van der Waals surface area contributed by atoms with E-state index in [0.717, 1.165) is 63.3 Å². The van der Waals surface area contributed by atoms with E-state index >= 15 is 0 Å². The highest BCUT2D eigenvalue weighted by atomic mass is 35.5. The van der Waals surface area contributed by atoms with Crippen LogP contribution in [0.15, 0.2) is 54.6 Å². The summed E-state index contributed by atoms with van der Waals surface area (Å²) in [4.78, 5) is 31.7. The Morgan fingerprint density at radius 2 is 1.66 bits per heavy atom. The number of benzene rings is 2. The Balaban J connectivity index is 0.00000336. The van der Waals surface area contributed by atoms with Crippen LogP contribution in [0, 0.1) is 17.3 Å². The number of carbonyl (C=O) groups excluding carboxylic acids is 2. The first-order chi connectivity index (χ1) is 17.9. The highest BCUT2D eigenvalue weighted by Gasteiger charge is 2.50. The molecule has 206 valence electrons. The number of piperidine rings is 1. The first-order valence-corrected chi connectivity index (χ1v) is 13.9. The Bertz CT molecular complexity index is 1080. The maximum Gasteiger partial charge on any atom is 0.229 e. The highest BCUT2D eigenvalue weighted by molar-refractivity contribution is 5.87. The molecule has 0 saturated carbocycles. The Labute approximate surface area is 233 Å². The van der Waals surface area contributed by atoms with E-state index in [9.17, 15) is 9.59 Å². The molecule has 0 aliphatic carbocycles. The first-order valence-electron chi connectivity index (χ1n) is 13.9. The third-order valence-corrected chi connectivity index (χ3v) is 9.04. The summed E-state index contributed by atoms with van der Waals surface area (Å²) >= 11 is 0. The zero-order chi connectivity index (χ0) is 26.0. The fourth-order valence-electron chi connectivity index (χ4n) is 6.79. The van der Waals surface area contributed by atoms with Gasteiger partial charge in [0.05, 0.1) is 18.6 Å². The average Bonchev–Trinajstić information content (AvgIpc) is 3.52. The summed E-state index contributed by atoms with van der Waals surface area (Å²) in [6.07, 6.45) is 2.59. The molecule has 3 saturated heterocycles. The molecule has 3 atom stereocenters. The molecule has 5 rings (SSSR count). The smallest absolute Gasteiger partial charge is 0.229 e. The minimum absolute atomic E-state index is 0. The lowest BCUT2D eigenvalue weighted by atomic mass is 9.74. The van der Waals surface area contributed by atoms with Crippen LogP contribution < -0.4 is 10.1 Å². The number of hydrogen-bond acceptors (Lipinski definition) is 5. The van der Waals surface area contributed by atoms with Crippen LogP contribution in [-0.4, -0.2) is 67.4 Å². The van der Waals surface area contributed by atoms with Crippen LogP contribution in [0.1, 0.15) is 50.2 Å². The molecule has 0 bridgehead atoms. The van der Waals surface area contributed by atoms with Gasteiger partial charge in [0.1, 0.15) is 5.75 Å². The first kappa shape index (κ1) is 28.6. The summed E-state index contributed by atoms with van der Waals surface area (Å²) in [6, 6.07) is 18.5. The maximum absolute atomic E-state index is 13.6. The van der Waals surface area contributed by atoms with Crippen molar-refractivity contribution < 1.29 is 14.3 Å². The maximum atomic E-state index is 13.6. The van der Waals surface area contributed by atoms with Gasteiger partial charge >= 0.3 is 0 Å². The van der Waals surface area contributed by atoms with Crippen LogP contribution in [0.3, 0.4) is 0 Å². The second kappa shape index (κ2) is 12.2. The van der Waals surface area contributed by atoms with Crippen LogP contribution in [0.4, 0.5) is 0 Å². The normalized spacial score (nSPS) is 24.0. The van der Waals surface area contributed by atoms with E-state index in [2.05, 4.69) is 40.5 Å². The summed E-state index contributed by atoms with van der Waals surface area (Å²) in [6.45, 7) is 8.89. The number of amides is 1. The van der Waals surface area contributed by atoms with Gasteiger partial charge in [-0.2, -0.15) is 0 Å². The van der Waals surface area contributed by atoms with Crippen molar-refractivity contribution in [2.45, 2.75) is 51.6 Å². The number of carbonyl (C=O) groups is 2. The van der Waals surface area contributed by atoms with Crippen molar-refractivity contribution in [1.29, 1.82) is 0 Å². The summed E-state index contributed by atoms with van der Waals surface area (Å²) in [5.74, 6) is 2.03. The molecule has 2 aromatic rings. The van der Waals surface area contributed by atoms with Gasteiger partial charge in [-0.05, 0) is 55.6 Å². The van der Waals surface area contributed by atoms with Crippen molar-refractivity contribution in [3.05, 3.63) is 65.7 Å². The van der Waals surface area contributed by atoms with Crippen LogP contribution >= 0.6 is 12.4 Å². The molecular weight excluding hydrogens is 498 g/mol. The molecule has 7 heteroatoms. The number of hydrogen-bond donors (Lipinski definition) is 1. The van der Waals surface area contributed by atoms with E-state index in [0.29, 0.717) is 24.2 Å². The summed E-state index contributed by atoms with van der Waals surface area (Å²) < 4.78 is 5.27. The second-order valence-electron chi connectivity index (χ2n) is 11.5. The number of rotatable bonds is 8. The number of ether oxygens (including phenoxy) is 1. The van der Waals surface area contributed by atoms with Gasteiger partial charge in [0.2, 0.25) is 5.91 Å². The zero-order valence-electron chi connectivity index (χ0n) is 22.9. The van der Waals surface area contributed by atoms with E-state index in [1.807, 2.05) is 43.0 Å². The molecule has 0 radical (unpaired) electrons.